The van der Waals surface area contributed by atoms with Gasteiger partial charge in [0.1, 0.15) is 30.2 Å². The lowest BCUT2D eigenvalue weighted by atomic mass is 9.99. The maximum absolute atomic E-state index is 10.1. The Bertz CT molecular complexity index is 492. The molecular formula is C18H28O6. The zero-order chi connectivity index (χ0) is 17.5. The number of ether oxygens (including phenoxy) is 2. The number of aryl methyl sites for hydroxylation is 1. The Balaban J connectivity index is 2.04. The van der Waals surface area contributed by atoms with Crippen molar-refractivity contribution in [3.8, 4) is 5.75 Å². The van der Waals surface area contributed by atoms with Gasteiger partial charge in [0, 0.05) is 0 Å². The van der Waals surface area contributed by atoms with Crippen LogP contribution in [-0.2, 0) is 11.2 Å². The summed E-state index contributed by atoms with van der Waals surface area (Å²) in [6.07, 6.45) is -0.912. The molecule has 1 aromatic rings. The van der Waals surface area contributed by atoms with E-state index in [1.54, 1.807) is 6.07 Å². The molecule has 0 unspecified atom stereocenters. The van der Waals surface area contributed by atoms with Crippen molar-refractivity contribution in [3.63, 3.8) is 0 Å². The van der Waals surface area contributed by atoms with E-state index in [9.17, 15) is 20.4 Å². The Morgan fingerprint density at radius 3 is 2.46 bits per heavy atom. The lowest BCUT2D eigenvalue weighted by Crippen LogP contribution is -2.60. The van der Waals surface area contributed by atoms with E-state index in [0.29, 0.717) is 5.75 Å². The van der Waals surface area contributed by atoms with Crippen molar-refractivity contribution in [3.05, 3.63) is 29.8 Å². The molecule has 1 aliphatic heterocycles. The van der Waals surface area contributed by atoms with Crippen LogP contribution in [0.1, 0.15) is 38.2 Å². The highest BCUT2D eigenvalue weighted by Gasteiger charge is 2.44. The second-order valence-electron chi connectivity index (χ2n) is 6.23. The minimum Gasteiger partial charge on any atom is -0.462 e. The van der Waals surface area contributed by atoms with Crippen molar-refractivity contribution < 1.29 is 29.9 Å². The van der Waals surface area contributed by atoms with Crippen molar-refractivity contribution in [1.29, 1.82) is 0 Å². The van der Waals surface area contributed by atoms with Crippen molar-refractivity contribution >= 4 is 0 Å². The van der Waals surface area contributed by atoms with Gasteiger partial charge in [-0.2, -0.15) is 0 Å². The predicted molar refractivity (Wildman–Crippen MR) is 88.7 cm³/mol. The molecule has 2 rings (SSSR count). The molecule has 1 heterocycles. The van der Waals surface area contributed by atoms with Gasteiger partial charge in [0.25, 0.3) is 0 Å². The largest absolute Gasteiger partial charge is 0.462 e. The first-order valence-electron chi connectivity index (χ1n) is 8.63. The topological polar surface area (TPSA) is 99.4 Å². The average Bonchev–Trinajstić information content (AvgIpc) is 2.60. The monoisotopic (exact) mass is 340 g/mol. The summed E-state index contributed by atoms with van der Waals surface area (Å²) in [5, 5.41) is 39.0. The van der Waals surface area contributed by atoms with Gasteiger partial charge in [0.05, 0.1) is 6.61 Å². The van der Waals surface area contributed by atoms with Gasteiger partial charge in [-0.25, -0.2) is 0 Å². The maximum Gasteiger partial charge on any atom is 0.229 e. The Morgan fingerprint density at radius 1 is 1.00 bits per heavy atom. The molecule has 6 nitrogen and oxygen atoms in total. The van der Waals surface area contributed by atoms with Crippen LogP contribution in [0, 0.1) is 0 Å². The van der Waals surface area contributed by atoms with Crippen molar-refractivity contribution in [2.75, 3.05) is 6.61 Å². The van der Waals surface area contributed by atoms with Gasteiger partial charge in [0.2, 0.25) is 6.29 Å². The highest BCUT2D eigenvalue weighted by Crippen LogP contribution is 2.27. The van der Waals surface area contributed by atoms with Gasteiger partial charge < -0.3 is 29.9 Å². The highest BCUT2D eigenvalue weighted by molar-refractivity contribution is 5.33. The zero-order valence-corrected chi connectivity index (χ0v) is 14.0. The normalized spacial score (nSPS) is 30.3. The number of hydrogen-bond acceptors (Lipinski definition) is 6. The van der Waals surface area contributed by atoms with E-state index in [1.807, 2.05) is 18.2 Å². The van der Waals surface area contributed by atoms with E-state index in [0.717, 1.165) is 24.8 Å². The molecule has 0 aliphatic carbocycles. The number of benzene rings is 1. The Kier molecular flexibility index (Phi) is 7.45. The summed E-state index contributed by atoms with van der Waals surface area (Å²) in [5.74, 6) is 0.582. The summed E-state index contributed by atoms with van der Waals surface area (Å²) in [6, 6.07) is 7.51. The predicted octanol–water partition coefficient (Wildman–Crippen LogP) is 0.988. The Hall–Kier alpha value is -1.18. The lowest BCUT2D eigenvalue weighted by molar-refractivity contribution is -0.277. The van der Waals surface area contributed by atoms with Crippen LogP contribution in [0.5, 0.6) is 5.75 Å². The second-order valence-corrected chi connectivity index (χ2v) is 6.23. The second kappa shape index (κ2) is 9.34. The third-order valence-corrected chi connectivity index (χ3v) is 4.36. The molecule has 0 aromatic heterocycles. The van der Waals surface area contributed by atoms with Crippen LogP contribution in [0.3, 0.4) is 0 Å². The number of para-hydroxylation sites is 1. The molecule has 0 radical (unpaired) electrons. The molecule has 1 saturated heterocycles. The molecule has 1 aliphatic rings. The van der Waals surface area contributed by atoms with Crippen LogP contribution >= 0.6 is 0 Å². The third-order valence-electron chi connectivity index (χ3n) is 4.36. The van der Waals surface area contributed by atoms with Gasteiger partial charge in [-0.1, -0.05) is 44.4 Å². The molecule has 4 N–H and O–H groups in total. The number of rotatable bonds is 8. The molecular weight excluding hydrogens is 312 g/mol. The average molecular weight is 340 g/mol. The van der Waals surface area contributed by atoms with Crippen LogP contribution < -0.4 is 4.74 Å². The van der Waals surface area contributed by atoms with E-state index in [2.05, 4.69) is 6.92 Å². The van der Waals surface area contributed by atoms with Crippen molar-refractivity contribution in [2.24, 2.45) is 0 Å². The lowest BCUT2D eigenvalue weighted by Gasteiger charge is -2.39. The molecule has 136 valence electrons. The molecule has 0 saturated carbocycles. The molecule has 0 amide bonds. The van der Waals surface area contributed by atoms with Crippen LogP contribution in [0.4, 0.5) is 0 Å². The molecule has 0 spiro atoms. The van der Waals surface area contributed by atoms with E-state index in [1.165, 1.54) is 12.8 Å². The summed E-state index contributed by atoms with van der Waals surface area (Å²) in [6.45, 7) is 1.69. The van der Waals surface area contributed by atoms with Crippen LogP contribution in [0.2, 0.25) is 0 Å². The summed E-state index contributed by atoms with van der Waals surface area (Å²) in [5.41, 5.74) is 1.01. The van der Waals surface area contributed by atoms with Gasteiger partial charge in [-0.3, -0.25) is 0 Å². The summed E-state index contributed by atoms with van der Waals surface area (Å²) in [4.78, 5) is 0. The van der Waals surface area contributed by atoms with Crippen LogP contribution in [-0.4, -0.2) is 57.7 Å². The molecule has 1 aromatic carbocycles. The quantitative estimate of drug-likeness (QED) is 0.527. The summed E-state index contributed by atoms with van der Waals surface area (Å²) in [7, 11) is 0. The van der Waals surface area contributed by atoms with Crippen molar-refractivity contribution in [2.45, 2.75) is 69.7 Å². The van der Waals surface area contributed by atoms with Crippen LogP contribution in [0.25, 0.3) is 0 Å². The van der Waals surface area contributed by atoms with Gasteiger partial charge >= 0.3 is 0 Å². The van der Waals surface area contributed by atoms with E-state index in [4.69, 9.17) is 9.47 Å². The van der Waals surface area contributed by atoms with E-state index >= 15 is 0 Å². The van der Waals surface area contributed by atoms with Crippen molar-refractivity contribution in [1.82, 2.24) is 0 Å². The fourth-order valence-corrected chi connectivity index (χ4v) is 2.86. The number of aliphatic hydroxyl groups excluding tert-OH is 4. The molecule has 1 fully saturated rings. The first-order chi connectivity index (χ1) is 11.6. The molecule has 5 atom stereocenters. The van der Waals surface area contributed by atoms with E-state index < -0.39 is 37.3 Å². The van der Waals surface area contributed by atoms with Gasteiger partial charge in [-0.15, -0.1) is 0 Å². The van der Waals surface area contributed by atoms with E-state index in [-0.39, 0.29) is 0 Å². The zero-order valence-electron chi connectivity index (χ0n) is 14.0. The SMILES string of the molecule is CCCCCCc1ccccc1O[C@@H]1O[C@H](CO)[C@@H](O)[C@H](O)[C@H]1O. The fourth-order valence-electron chi connectivity index (χ4n) is 2.86. The highest BCUT2D eigenvalue weighted by atomic mass is 16.7. The maximum atomic E-state index is 10.1. The standard InChI is InChI=1S/C18H28O6/c1-2-3-4-5-8-12-9-6-7-10-13(12)23-18-17(22)16(21)15(20)14(11-19)24-18/h6-7,9-10,14-22H,2-5,8,11H2,1H3/t14-,15-,16+,17-,18-/m1/s1. The van der Waals surface area contributed by atoms with Gasteiger partial charge in [-0.05, 0) is 24.5 Å². The molecule has 6 heteroatoms. The number of hydrogen-bond donors (Lipinski definition) is 4. The number of aliphatic hydroxyl groups is 4. The van der Waals surface area contributed by atoms with Crippen LogP contribution in [0.15, 0.2) is 24.3 Å². The van der Waals surface area contributed by atoms with Gasteiger partial charge in [0.15, 0.2) is 0 Å². The first-order valence-corrected chi connectivity index (χ1v) is 8.63. The minimum atomic E-state index is -1.43. The molecule has 24 heavy (non-hydrogen) atoms. The minimum absolute atomic E-state index is 0.469. The summed E-state index contributed by atoms with van der Waals surface area (Å²) < 4.78 is 11.2. The summed E-state index contributed by atoms with van der Waals surface area (Å²) >= 11 is 0. The third kappa shape index (κ3) is 4.68. The fraction of sp³-hybridized carbons (Fsp3) is 0.667. The molecule has 0 bridgehead atoms. The number of unbranched alkanes of at least 4 members (excludes halogenated alkanes) is 3. The first kappa shape index (κ1) is 19.1. The Morgan fingerprint density at radius 2 is 1.75 bits per heavy atom. The smallest absolute Gasteiger partial charge is 0.229 e. The Labute approximate surface area is 142 Å².